The lowest BCUT2D eigenvalue weighted by Crippen LogP contribution is -2.39. The van der Waals surface area contributed by atoms with Gasteiger partial charge in [-0.3, -0.25) is 14.5 Å². The van der Waals surface area contributed by atoms with E-state index in [1.54, 1.807) is 0 Å². The molecule has 0 aromatic rings. The van der Waals surface area contributed by atoms with Crippen LogP contribution in [-0.2, 0) is 9.59 Å². The molecule has 102 valence electrons. The van der Waals surface area contributed by atoms with E-state index in [0.717, 1.165) is 32.6 Å². The molecule has 18 heavy (non-hydrogen) atoms. The maximum Gasteiger partial charge on any atom is 0.307 e. The summed E-state index contributed by atoms with van der Waals surface area (Å²) in [5.41, 5.74) is 0. The summed E-state index contributed by atoms with van der Waals surface area (Å²) in [6.45, 7) is 7.83. The van der Waals surface area contributed by atoms with Gasteiger partial charge in [0.25, 0.3) is 0 Å². The van der Waals surface area contributed by atoms with E-state index in [0.29, 0.717) is 12.5 Å². The van der Waals surface area contributed by atoms with Crippen molar-refractivity contribution in [3.8, 4) is 0 Å². The Morgan fingerprint density at radius 2 is 1.94 bits per heavy atom. The Morgan fingerprint density at radius 1 is 1.28 bits per heavy atom. The predicted octanol–water partition coefficient (Wildman–Crippen LogP) is 0.650. The number of likely N-dealkylation sites (tertiary alicyclic amines) is 1. The molecule has 2 fully saturated rings. The quantitative estimate of drug-likeness (QED) is 0.782. The lowest BCUT2D eigenvalue weighted by atomic mass is 10.2. The summed E-state index contributed by atoms with van der Waals surface area (Å²) < 4.78 is 0. The van der Waals surface area contributed by atoms with Crippen LogP contribution in [-0.4, -0.2) is 59.0 Å². The van der Waals surface area contributed by atoms with Crippen LogP contribution in [0.5, 0.6) is 0 Å². The zero-order valence-electron chi connectivity index (χ0n) is 11.1. The van der Waals surface area contributed by atoms with Crippen molar-refractivity contribution in [1.82, 2.24) is 9.80 Å². The average molecular weight is 254 g/mol. The number of nitrogens with zero attached hydrogens (tertiary/aromatic N) is 2. The van der Waals surface area contributed by atoms with Gasteiger partial charge in [0.15, 0.2) is 0 Å². The zero-order valence-corrected chi connectivity index (χ0v) is 11.1. The van der Waals surface area contributed by atoms with Crippen LogP contribution in [0.1, 0.15) is 26.7 Å². The van der Waals surface area contributed by atoms with E-state index in [-0.39, 0.29) is 11.8 Å². The second kappa shape index (κ2) is 5.26. The molecule has 1 saturated carbocycles. The Hall–Kier alpha value is -1.10. The highest BCUT2D eigenvalue weighted by Crippen LogP contribution is 2.40. The zero-order chi connectivity index (χ0) is 13.3. The molecule has 3 atom stereocenters. The monoisotopic (exact) mass is 254 g/mol. The molecule has 0 aromatic heterocycles. The molecule has 0 radical (unpaired) electrons. The Kier molecular flexibility index (Phi) is 3.90. The number of carboxylic acids is 1. The third-order valence-electron chi connectivity index (χ3n) is 4.23. The fourth-order valence-corrected chi connectivity index (χ4v) is 2.96. The van der Waals surface area contributed by atoms with Crippen LogP contribution in [0.15, 0.2) is 0 Å². The maximum absolute atomic E-state index is 12.1. The molecular formula is C13H22N2O3. The third-order valence-corrected chi connectivity index (χ3v) is 4.23. The summed E-state index contributed by atoms with van der Waals surface area (Å²) in [5, 5.41) is 8.85. The van der Waals surface area contributed by atoms with Gasteiger partial charge in [-0.15, -0.1) is 0 Å². The summed E-state index contributed by atoms with van der Waals surface area (Å²) in [7, 11) is 0. The van der Waals surface area contributed by atoms with Crippen molar-refractivity contribution >= 4 is 11.9 Å². The van der Waals surface area contributed by atoms with E-state index in [9.17, 15) is 9.59 Å². The lowest BCUT2D eigenvalue weighted by Gasteiger charge is -2.26. The van der Waals surface area contributed by atoms with Gasteiger partial charge in [0.2, 0.25) is 5.91 Å². The second-order valence-electron chi connectivity index (χ2n) is 5.23. The minimum Gasteiger partial charge on any atom is -0.481 e. The standard InChI is InChI=1S/C13H22N2O3/c1-3-14(4-2)9-5-6-15(8-9)12(16)10-7-11(10)13(17)18/h9-11H,3-8H2,1-2H3,(H,17,18). The van der Waals surface area contributed by atoms with Crippen LogP contribution >= 0.6 is 0 Å². The van der Waals surface area contributed by atoms with E-state index in [1.165, 1.54) is 0 Å². The molecule has 0 bridgehead atoms. The SMILES string of the molecule is CCN(CC)C1CCN(C(=O)C2CC2C(=O)O)C1. The van der Waals surface area contributed by atoms with Crippen molar-refractivity contribution in [2.45, 2.75) is 32.7 Å². The van der Waals surface area contributed by atoms with Gasteiger partial charge in [0.05, 0.1) is 11.8 Å². The third kappa shape index (κ3) is 2.51. The van der Waals surface area contributed by atoms with Crippen molar-refractivity contribution in [2.24, 2.45) is 11.8 Å². The highest BCUT2D eigenvalue weighted by atomic mass is 16.4. The molecular weight excluding hydrogens is 232 g/mol. The first-order chi connectivity index (χ1) is 8.58. The number of carbonyl (C=O) groups is 2. The van der Waals surface area contributed by atoms with Crippen LogP contribution < -0.4 is 0 Å². The molecule has 2 aliphatic rings. The average Bonchev–Trinajstić information content (AvgIpc) is 3.02. The van der Waals surface area contributed by atoms with Gasteiger partial charge in [-0.2, -0.15) is 0 Å². The Morgan fingerprint density at radius 3 is 2.44 bits per heavy atom. The van der Waals surface area contributed by atoms with Crippen molar-refractivity contribution < 1.29 is 14.7 Å². The Balaban J connectivity index is 1.86. The van der Waals surface area contributed by atoms with Crippen molar-refractivity contribution in [3.05, 3.63) is 0 Å². The van der Waals surface area contributed by atoms with Crippen LogP contribution in [0.2, 0.25) is 0 Å². The fraction of sp³-hybridized carbons (Fsp3) is 0.846. The van der Waals surface area contributed by atoms with Crippen molar-refractivity contribution in [2.75, 3.05) is 26.2 Å². The Bertz CT molecular complexity index is 341. The summed E-state index contributed by atoms with van der Waals surface area (Å²) in [5.74, 6) is -1.45. The van der Waals surface area contributed by atoms with E-state index < -0.39 is 11.9 Å². The van der Waals surface area contributed by atoms with Crippen LogP contribution in [0.3, 0.4) is 0 Å². The van der Waals surface area contributed by atoms with E-state index in [1.807, 2.05) is 4.90 Å². The number of aliphatic carboxylic acids is 1. The van der Waals surface area contributed by atoms with E-state index in [2.05, 4.69) is 18.7 Å². The molecule has 0 aromatic carbocycles. The number of amides is 1. The molecule has 3 unspecified atom stereocenters. The second-order valence-corrected chi connectivity index (χ2v) is 5.23. The molecule has 1 heterocycles. The smallest absolute Gasteiger partial charge is 0.307 e. The highest BCUT2D eigenvalue weighted by molar-refractivity contribution is 5.89. The minimum absolute atomic E-state index is 0.0528. The first kappa shape index (κ1) is 13.3. The van der Waals surface area contributed by atoms with Gasteiger partial charge in [-0.05, 0) is 25.9 Å². The lowest BCUT2D eigenvalue weighted by molar-refractivity contribution is -0.141. The maximum atomic E-state index is 12.1. The van der Waals surface area contributed by atoms with E-state index >= 15 is 0 Å². The van der Waals surface area contributed by atoms with Gasteiger partial charge < -0.3 is 10.0 Å². The molecule has 1 saturated heterocycles. The minimum atomic E-state index is -0.826. The van der Waals surface area contributed by atoms with E-state index in [4.69, 9.17) is 5.11 Å². The molecule has 1 amide bonds. The predicted molar refractivity (Wildman–Crippen MR) is 67.1 cm³/mol. The molecule has 5 heteroatoms. The normalized spacial score (nSPS) is 30.8. The summed E-state index contributed by atoms with van der Waals surface area (Å²) in [4.78, 5) is 27.1. The largest absolute Gasteiger partial charge is 0.481 e. The van der Waals surface area contributed by atoms with Crippen LogP contribution in [0, 0.1) is 11.8 Å². The fourth-order valence-electron chi connectivity index (χ4n) is 2.96. The number of likely N-dealkylation sites (N-methyl/N-ethyl adjacent to an activating group) is 1. The first-order valence-corrected chi connectivity index (χ1v) is 6.84. The van der Waals surface area contributed by atoms with Crippen LogP contribution in [0.25, 0.3) is 0 Å². The number of hydrogen-bond donors (Lipinski definition) is 1. The molecule has 1 aliphatic carbocycles. The number of rotatable bonds is 5. The molecule has 0 spiro atoms. The summed E-state index contributed by atoms with van der Waals surface area (Å²) in [6.07, 6.45) is 1.54. The molecule has 5 nitrogen and oxygen atoms in total. The Labute approximate surface area is 108 Å². The number of carbonyl (C=O) groups excluding carboxylic acids is 1. The molecule has 1 N–H and O–H groups in total. The summed E-state index contributed by atoms with van der Waals surface area (Å²) >= 11 is 0. The van der Waals surface area contributed by atoms with Crippen molar-refractivity contribution in [1.29, 1.82) is 0 Å². The van der Waals surface area contributed by atoms with Gasteiger partial charge in [0, 0.05) is 19.1 Å². The highest BCUT2D eigenvalue weighted by Gasteiger charge is 2.50. The molecule has 1 aliphatic heterocycles. The van der Waals surface area contributed by atoms with Gasteiger partial charge >= 0.3 is 5.97 Å². The van der Waals surface area contributed by atoms with Gasteiger partial charge in [0.1, 0.15) is 0 Å². The van der Waals surface area contributed by atoms with Gasteiger partial charge in [-0.25, -0.2) is 0 Å². The summed E-state index contributed by atoms with van der Waals surface area (Å²) in [6, 6.07) is 0.450. The topological polar surface area (TPSA) is 60.9 Å². The van der Waals surface area contributed by atoms with Crippen molar-refractivity contribution in [3.63, 3.8) is 0 Å². The number of hydrogen-bond acceptors (Lipinski definition) is 3. The van der Waals surface area contributed by atoms with Crippen LogP contribution in [0.4, 0.5) is 0 Å². The molecule has 2 rings (SSSR count). The number of carboxylic acid groups (broad SMARTS) is 1. The first-order valence-electron chi connectivity index (χ1n) is 6.84. The van der Waals surface area contributed by atoms with Gasteiger partial charge in [-0.1, -0.05) is 13.8 Å².